The molecule has 1 saturated heterocycles. The monoisotopic (exact) mass is 651 g/mol. The summed E-state index contributed by atoms with van der Waals surface area (Å²) in [5.41, 5.74) is 1.41. The number of aromatic nitrogens is 5. The molecule has 0 spiro atoms. The second-order valence-electron chi connectivity index (χ2n) is 11.0. The number of alkyl halides is 3. The minimum atomic E-state index is -4.82. The number of fused-ring (bicyclic) bond motifs is 1. The molecule has 3 aromatic carbocycles. The number of ether oxygens (including phenoxy) is 1. The average Bonchev–Trinajstić information content (AvgIpc) is 3.81. The number of para-hydroxylation sites is 1. The van der Waals surface area contributed by atoms with Gasteiger partial charge in [-0.3, -0.25) is 14.5 Å². The molecule has 1 aliphatic heterocycles. The number of rotatable bonds is 9. The molecule has 0 unspecified atom stereocenters. The van der Waals surface area contributed by atoms with Gasteiger partial charge in [0.05, 0.1) is 16.7 Å². The molecule has 6 rings (SSSR count). The van der Waals surface area contributed by atoms with Gasteiger partial charge in [0.15, 0.2) is 0 Å². The van der Waals surface area contributed by atoms with Crippen molar-refractivity contribution in [2.24, 2.45) is 0 Å². The highest BCUT2D eigenvalue weighted by Crippen LogP contribution is 2.40. The highest BCUT2D eigenvalue weighted by molar-refractivity contribution is 6.31. The number of tetrazole rings is 1. The van der Waals surface area contributed by atoms with Crippen molar-refractivity contribution >= 4 is 40.0 Å². The number of aromatic amines is 1. The third-order valence-corrected chi connectivity index (χ3v) is 8.12. The molecule has 0 bridgehead atoms. The number of aryl methyl sites for hydroxylation is 1. The van der Waals surface area contributed by atoms with E-state index < -0.39 is 41.2 Å². The molecule has 5 aromatic rings. The van der Waals surface area contributed by atoms with Crippen molar-refractivity contribution in [3.05, 3.63) is 94.6 Å². The Morgan fingerprint density at radius 1 is 1.15 bits per heavy atom. The summed E-state index contributed by atoms with van der Waals surface area (Å²) >= 11 is 5.95. The number of carbonyl (C=O) groups is 2. The Hall–Kier alpha value is -4.75. The minimum absolute atomic E-state index is 0.165. The van der Waals surface area contributed by atoms with Crippen LogP contribution in [0.4, 0.5) is 18.9 Å². The third-order valence-electron chi connectivity index (χ3n) is 7.79. The van der Waals surface area contributed by atoms with E-state index in [9.17, 15) is 22.8 Å². The van der Waals surface area contributed by atoms with Crippen molar-refractivity contribution < 1.29 is 27.5 Å². The van der Waals surface area contributed by atoms with Gasteiger partial charge in [0.2, 0.25) is 11.7 Å². The maximum absolute atomic E-state index is 14.3. The molecule has 14 heteroatoms. The molecule has 3 heterocycles. The highest BCUT2D eigenvalue weighted by Gasteiger charge is 2.38. The fraction of sp³-hybridized carbons (Fsp3) is 0.281. The first kappa shape index (κ1) is 31.2. The van der Waals surface area contributed by atoms with E-state index in [1.54, 1.807) is 30.5 Å². The predicted octanol–water partition coefficient (Wildman–Crippen LogP) is 5.87. The van der Waals surface area contributed by atoms with Crippen molar-refractivity contribution in [3.63, 3.8) is 0 Å². The van der Waals surface area contributed by atoms with Gasteiger partial charge in [-0.15, -0.1) is 10.2 Å². The Morgan fingerprint density at radius 2 is 1.93 bits per heavy atom. The molecule has 2 aromatic heterocycles. The fourth-order valence-electron chi connectivity index (χ4n) is 5.48. The van der Waals surface area contributed by atoms with E-state index in [1.807, 2.05) is 31.2 Å². The molecule has 1 fully saturated rings. The number of benzene rings is 3. The summed E-state index contributed by atoms with van der Waals surface area (Å²) in [6, 6.07) is 16.2. The molecular formula is C32H29ClF3N7O3. The second-order valence-corrected chi connectivity index (χ2v) is 11.4. The van der Waals surface area contributed by atoms with Crippen LogP contribution < -0.4 is 10.2 Å². The zero-order valence-corrected chi connectivity index (χ0v) is 25.3. The Balaban J connectivity index is 1.43. The van der Waals surface area contributed by atoms with Gasteiger partial charge in [-0.2, -0.15) is 18.0 Å². The van der Waals surface area contributed by atoms with E-state index in [-0.39, 0.29) is 24.2 Å². The highest BCUT2D eigenvalue weighted by atomic mass is 35.5. The molecule has 238 valence electrons. The van der Waals surface area contributed by atoms with Gasteiger partial charge < -0.3 is 15.0 Å². The Kier molecular flexibility index (Phi) is 8.78. The van der Waals surface area contributed by atoms with Gasteiger partial charge in [0.1, 0.15) is 12.6 Å². The van der Waals surface area contributed by atoms with Crippen molar-refractivity contribution in [1.29, 1.82) is 0 Å². The Labute approximate surface area is 266 Å². The first-order chi connectivity index (χ1) is 22.1. The average molecular weight is 652 g/mol. The zero-order chi connectivity index (χ0) is 32.4. The first-order valence-electron chi connectivity index (χ1n) is 14.6. The van der Waals surface area contributed by atoms with Crippen LogP contribution in [0.2, 0.25) is 5.02 Å². The van der Waals surface area contributed by atoms with Crippen molar-refractivity contribution in [1.82, 2.24) is 30.5 Å². The number of nitrogens with zero attached hydrogens (tertiary/aromatic N) is 5. The van der Waals surface area contributed by atoms with Crippen LogP contribution in [-0.2, 0) is 27.0 Å². The van der Waals surface area contributed by atoms with E-state index in [2.05, 4.69) is 25.7 Å². The number of nitrogens with one attached hydrogen (secondary N) is 2. The summed E-state index contributed by atoms with van der Waals surface area (Å²) in [5, 5.41) is 15.3. The van der Waals surface area contributed by atoms with Crippen LogP contribution in [0.25, 0.3) is 22.3 Å². The van der Waals surface area contributed by atoms with Crippen LogP contribution in [-0.4, -0.2) is 56.3 Å². The van der Waals surface area contributed by atoms with E-state index in [0.717, 1.165) is 40.2 Å². The second kappa shape index (κ2) is 12.9. The van der Waals surface area contributed by atoms with Gasteiger partial charge in [0, 0.05) is 47.1 Å². The summed E-state index contributed by atoms with van der Waals surface area (Å²) in [7, 11) is 0. The lowest BCUT2D eigenvalue weighted by Gasteiger charge is -2.32. The number of hydrogen-bond donors (Lipinski definition) is 2. The van der Waals surface area contributed by atoms with Gasteiger partial charge >= 0.3 is 6.18 Å². The smallest absolute Gasteiger partial charge is 0.376 e. The zero-order valence-electron chi connectivity index (χ0n) is 24.6. The van der Waals surface area contributed by atoms with E-state index in [0.29, 0.717) is 28.6 Å². The number of anilines is 1. The summed E-state index contributed by atoms with van der Waals surface area (Å²) in [6.45, 7) is 2.14. The van der Waals surface area contributed by atoms with Crippen LogP contribution in [0.3, 0.4) is 0 Å². The van der Waals surface area contributed by atoms with Gasteiger partial charge in [-0.05, 0) is 49.2 Å². The van der Waals surface area contributed by atoms with Crippen LogP contribution in [0, 0.1) is 6.92 Å². The number of carbonyl (C=O) groups excluding carboxylic acids is 2. The molecule has 0 saturated carbocycles. The summed E-state index contributed by atoms with van der Waals surface area (Å²) in [4.78, 5) is 33.5. The van der Waals surface area contributed by atoms with Crippen molar-refractivity contribution in [3.8, 4) is 11.4 Å². The molecule has 2 atom stereocenters. The minimum Gasteiger partial charge on any atom is -0.376 e. The largest absolute Gasteiger partial charge is 0.417 e. The number of amides is 2. The number of hydrogen-bond acceptors (Lipinski definition) is 6. The van der Waals surface area contributed by atoms with Crippen LogP contribution in [0.15, 0.2) is 72.9 Å². The summed E-state index contributed by atoms with van der Waals surface area (Å²) < 4.78 is 47.8. The first-order valence-corrected chi connectivity index (χ1v) is 15.0. The lowest BCUT2D eigenvalue weighted by Crippen LogP contribution is -2.46. The van der Waals surface area contributed by atoms with Crippen molar-refractivity contribution in [2.45, 2.75) is 44.6 Å². The van der Waals surface area contributed by atoms with Gasteiger partial charge in [-0.1, -0.05) is 59.6 Å². The quantitative estimate of drug-likeness (QED) is 0.206. The molecule has 0 aliphatic carbocycles. The van der Waals surface area contributed by atoms with E-state index in [4.69, 9.17) is 16.3 Å². The topological polar surface area (TPSA) is 118 Å². The fourth-order valence-corrected chi connectivity index (χ4v) is 5.70. The predicted molar refractivity (Wildman–Crippen MR) is 165 cm³/mol. The SMILES string of the molecule is Cc1ccc(-c2nnn(CC(=O)N(c3ccc(Cl)c(C(F)(F)F)c3)[C@H](C(=O)NC[C@H]3CCCO3)c3c[nH]c4ccccc34)n2)cc1. The molecule has 0 radical (unpaired) electrons. The Morgan fingerprint density at radius 3 is 2.67 bits per heavy atom. The Bertz CT molecular complexity index is 1870. The molecule has 1 aliphatic rings. The van der Waals surface area contributed by atoms with Crippen LogP contribution in [0.5, 0.6) is 0 Å². The lowest BCUT2D eigenvalue weighted by molar-refractivity contribution is -0.137. The van der Waals surface area contributed by atoms with Crippen LogP contribution >= 0.6 is 11.6 Å². The molecule has 46 heavy (non-hydrogen) atoms. The van der Waals surface area contributed by atoms with Gasteiger partial charge in [-0.25, -0.2) is 0 Å². The van der Waals surface area contributed by atoms with E-state index in [1.165, 1.54) is 6.07 Å². The normalized spacial score (nSPS) is 15.6. The molecule has 2 N–H and O–H groups in total. The standard InChI is InChI=1S/C32H29ClF3N7O3/c1-19-8-10-20(11-9-19)30-39-41-42(40-30)18-28(44)43(21-12-13-26(33)25(15-21)32(34,35)36)29(31(45)38-16-22-5-4-14-46-22)24-17-37-27-7-3-2-6-23(24)27/h2-3,6-13,15,17,22,29,37H,4-5,14,16,18H2,1H3,(H,38,45)/t22-,29+/m1/s1. The maximum Gasteiger partial charge on any atom is 0.417 e. The lowest BCUT2D eigenvalue weighted by atomic mass is 10.0. The number of H-pyrrole nitrogens is 1. The maximum atomic E-state index is 14.3. The molecule has 10 nitrogen and oxygen atoms in total. The summed E-state index contributed by atoms with van der Waals surface area (Å²) in [6.07, 6.45) is -1.88. The van der Waals surface area contributed by atoms with E-state index >= 15 is 0 Å². The summed E-state index contributed by atoms with van der Waals surface area (Å²) in [5.74, 6) is -1.11. The van der Waals surface area contributed by atoms with Crippen LogP contribution in [0.1, 0.15) is 35.6 Å². The van der Waals surface area contributed by atoms with Gasteiger partial charge in [0.25, 0.3) is 5.91 Å². The number of halogens is 4. The molecular weight excluding hydrogens is 623 g/mol. The third kappa shape index (κ3) is 6.60. The molecule has 2 amide bonds. The van der Waals surface area contributed by atoms with Crippen molar-refractivity contribution in [2.75, 3.05) is 18.1 Å².